The van der Waals surface area contributed by atoms with Gasteiger partial charge in [-0.2, -0.15) is 0 Å². The molecule has 0 unspecified atom stereocenters. The molecular formula is C40H30N2O2. The number of carbonyl (C=O) groups excluding carboxylic acids is 2. The van der Waals surface area contributed by atoms with Gasteiger partial charge in [-0.05, 0) is 66.1 Å². The van der Waals surface area contributed by atoms with Crippen molar-refractivity contribution in [2.45, 2.75) is 13.5 Å². The highest BCUT2D eigenvalue weighted by Crippen LogP contribution is 2.40. The molecule has 0 radical (unpaired) electrons. The number of aryl methyl sites for hydroxylation is 1. The number of aromatic nitrogens is 2. The van der Waals surface area contributed by atoms with Crippen LogP contribution in [0.3, 0.4) is 0 Å². The fourth-order valence-electron chi connectivity index (χ4n) is 6.31. The molecule has 212 valence electrons. The summed E-state index contributed by atoms with van der Waals surface area (Å²) in [7, 11) is 0. The van der Waals surface area contributed by atoms with Crippen LogP contribution in [-0.4, -0.2) is 22.1 Å². The number of rotatable bonds is 5. The number of aldehydes is 2. The summed E-state index contributed by atoms with van der Waals surface area (Å²) >= 11 is 0. The van der Waals surface area contributed by atoms with Crippen LogP contribution in [-0.2, 0) is 6.54 Å². The minimum Gasteiger partial charge on any atom is -0.354 e. The standard InChI is InChI=1S/C24H17N.C16H13NO2/c1-3-9-17(10-4-1)19-15-16-21-20-13-7-8-14-22(20)25-24(21)23(19)18-11-5-2-6-12-18;1-2-17-15-5-3-11(9-18)7-13(15)14-8-12(10-19)4-6-16(14)17/h1-16,25H;3-10H,2H2,1H3. The van der Waals surface area contributed by atoms with Crippen LogP contribution in [0, 0.1) is 0 Å². The quantitative estimate of drug-likeness (QED) is 0.209. The van der Waals surface area contributed by atoms with E-state index in [1.54, 1.807) is 0 Å². The molecule has 0 aliphatic heterocycles. The lowest BCUT2D eigenvalue weighted by Gasteiger charge is -2.12. The highest BCUT2D eigenvalue weighted by Gasteiger charge is 2.15. The molecule has 0 aliphatic rings. The first-order valence-electron chi connectivity index (χ1n) is 14.8. The predicted octanol–water partition coefficient (Wildman–Crippen LogP) is 10.1. The Bertz CT molecular complexity index is 2230. The summed E-state index contributed by atoms with van der Waals surface area (Å²) < 4.78 is 2.19. The SMILES string of the molecule is CCn1c2ccc(C=O)cc2c2cc(C=O)ccc21.c1ccc(-c2ccc3c([nH]c4ccccc43)c2-c2ccccc2)cc1. The Hall–Kier alpha value is -5.74. The zero-order valence-corrected chi connectivity index (χ0v) is 24.3. The van der Waals surface area contributed by atoms with Crippen molar-refractivity contribution >= 4 is 56.2 Å². The maximum absolute atomic E-state index is 10.9. The van der Waals surface area contributed by atoms with Crippen molar-refractivity contribution in [1.29, 1.82) is 0 Å². The number of nitrogens with one attached hydrogen (secondary N) is 1. The van der Waals surface area contributed by atoms with E-state index >= 15 is 0 Å². The minimum absolute atomic E-state index is 0.652. The molecule has 6 aromatic carbocycles. The Morgan fingerprint density at radius 3 is 1.73 bits per heavy atom. The van der Waals surface area contributed by atoms with Crippen LogP contribution in [0.4, 0.5) is 0 Å². The van der Waals surface area contributed by atoms with Crippen LogP contribution in [0.15, 0.2) is 133 Å². The normalized spacial score (nSPS) is 11.1. The second-order valence-electron chi connectivity index (χ2n) is 10.8. The van der Waals surface area contributed by atoms with Gasteiger partial charge in [-0.25, -0.2) is 0 Å². The highest BCUT2D eigenvalue weighted by atomic mass is 16.1. The molecule has 2 aromatic heterocycles. The fraction of sp³-hybridized carbons (Fsp3) is 0.0500. The summed E-state index contributed by atoms with van der Waals surface area (Å²) in [6.45, 7) is 2.93. The summed E-state index contributed by atoms with van der Waals surface area (Å²) in [5.41, 5.74) is 10.9. The third kappa shape index (κ3) is 4.67. The number of fused-ring (bicyclic) bond motifs is 6. The van der Waals surface area contributed by atoms with Crippen molar-refractivity contribution in [3.8, 4) is 22.3 Å². The van der Waals surface area contributed by atoms with Crippen molar-refractivity contribution in [1.82, 2.24) is 9.55 Å². The summed E-state index contributed by atoms with van der Waals surface area (Å²) in [5, 5.41) is 4.58. The molecule has 0 bridgehead atoms. The maximum atomic E-state index is 10.9. The van der Waals surface area contributed by atoms with Gasteiger partial charge in [0.1, 0.15) is 12.6 Å². The largest absolute Gasteiger partial charge is 0.354 e. The van der Waals surface area contributed by atoms with E-state index in [0.29, 0.717) is 11.1 Å². The Labute approximate surface area is 255 Å². The number of para-hydroxylation sites is 1. The molecule has 0 saturated carbocycles. The second-order valence-corrected chi connectivity index (χ2v) is 10.8. The van der Waals surface area contributed by atoms with E-state index in [1.807, 2.05) is 36.4 Å². The molecule has 0 fully saturated rings. The third-order valence-corrected chi connectivity index (χ3v) is 8.33. The molecule has 1 N–H and O–H groups in total. The van der Waals surface area contributed by atoms with Crippen LogP contribution in [0.1, 0.15) is 27.6 Å². The Morgan fingerprint density at radius 1 is 0.568 bits per heavy atom. The lowest BCUT2D eigenvalue weighted by molar-refractivity contribution is 0.111. The van der Waals surface area contributed by atoms with Crippen molar-refractivity contribution in [2.24, 2.45) is 0 Å². The molecule has 44 heavy (non-hydrogen) atoms. The van der Waals surface area contributed by atoms with Crippen molar-refractivity contribution in [3.63, 3.8) is 0 Å². The van der Waals surface area contributed by atoms with Gasteiger partial charge in [0.15, 0.2) is 0 Å². The first-order chi connectivity index (χ1) is 21.7. The first kappa shape index (κ1) is 27.1. The maximum Gasteiger partial charge on any atom is 0.150 e. The molecular weight excluding hydrogens is 540 g/mol. The summed E-state index contributed by atoms with van der Waals surface area (Å²) in [6.07, 6.45) is 1.69. The van der Waals surface area contributed by atoms with E-state index < -0.39 is 0 Å². The molecule has 0 saturated heterocycles. The fourth-order valence-corrected chi connectivity index (χ4v) is 6.31. The smallest absolute Gasteiger partial charge is 0.150 e. The van der Waals surface area contributed by atoms with Crippen LogP contribution in [0.5, 0.6) is 0 Å². The van der Waals surface area contributed by atoms with Gasteiger partial charge in [0.25, 0.3) is 0 Å². The van der Waals surface area contributed by atoms with Crippen LogP contribution in [0.2, 0.25) is 0 Å². The Morgan fingerprint density at radius 2 is 1.14 bits per heavy atom. The van der Waals surface area contributed by atoms with Crippen molar-refractivity contribution < 1.29 is 9.59 Å². The van der Waals surface area contributed by atoms with Crippen LogP contribution >= 0.6 is 0 Å². The molecule has 0 aliphatic carbocycles. The molecule has 4 heteroatoms. The second kappa shape index (κ2) is 11.5. The van der Waals surface area contributed by atoms with E-state index in [2.05, 4.69) is 114 Å². The van der Waals surface area contributed by atoms with E-state index in [-0.39, 0.29) is 0 Å². The first-order valence-corrected chi connectivity index (χ1v) is 14.8. The molecule has 8 rings (SSSR count). The van der Waals surface area contributed by atoms with Crippen molar-refractivity contribution in [3.05, 3.63) is 145 Å². The summed E-state index contributed by atoms with van der Waals surface area (Å²) in [4.78, 5) is 25.5. The molecule has 0 atom stereocenters. The lowest BCUT2D eigenvalue weighted by atomic mass is 9.92. The monoisotopic (exact) mass is 570 g/mol. The van der Waals surface area contributed by atoms with Gasteiger partial charge >= 0.3 is 0 Å². The van der Waals surface area contributed by atoms with Gasteiger partial charge in [-0.1, -0.05) is 91.0 Å². The third-order valence-electron chi connectivity index (χ3n) is 8.33. The zero-order valence-electron chi connectivity index (χ0n) is 24.3. The van der Waals surface area contributed by atoms with E-state index in [0.717, 1.165) is 40.9 Å². The number of carbonyl (C=O) groups is 2. The Balaban J connectivity index is 0.000000148. The average molecular weight is 571 g/mol. The molecule has 0 amide bonds. The summed E-state index contributed by atoms with van der Waals surface area (Å²) in [5.74, 6) is 0. The van der Waals surface area contributed by atoms with Crippen LogP contribution in [0.25, 0.3) is 65.9 Å². The zero-order chi connectivity index (χ0) is 30.0. The topological polar surface area (TPSA) is 54.9 Å². The number of aromatic amines is 1. The average Bonchev–Trinajstić information content (AvgIpc) is 3.63. The van der Waals surface area contributed by atoms with E-state index in [4.69, 9.17) is 0 Å². The lowest BCUT2D eigenvalue weighted by Crippen LogP contribution is -1.93. The number of hydrogen-bond acceptors (Lipinski definition) is 2. The summed E-state index contributed by atoms with van der Waals surface area (Å²) in [6, 6.07) is 45.6. The van der Waals surface area contributed by atoms with E-state index in [9.17, 15) is 9.59 Å². The van der Waals surface area contributed by atoms with Gasteiger partial charge in [0, 0.05) is 61.3 Å². The number of benzene rings is 6. The van der Waals surface area contributed by atoms with Gasteiger partial charge in [0.05, 0.1) is 5.52 Å². The number of nitrogens with zero attached hydrogens (tertiary/aromatic N) is 1. The Kier molecular flexibility index (Phi) is 7.09. The van der Waals surface area contributed by atoms with E-state index in [1.165, 1.54) is 44.1 Å². The highest BCUT2D eigenvalue weighted by molar-refractivity contribution is 6.15. The number of H-pyrrole nitrogens is 1. The van der Waals surface area contributed by atoms with Gasteiger partial charge in [-0.3, -0.25) is 9.59 Å². The molecule has 8 aromatic rings. The predicted molar refractivity (Wildman–Crippen MR) is 183 cm³/mol. The van der Waals surface area contributed by atoms with Gasteiger partial charge < -0.3 is 9.55 Å². The van der Waals surface area contributed by atoms with Crippen molar-refractivity contribution in [2.75, 3.05) is 0 Å². The number of hydrogen-bond donors (Lipinski definition) is 1. The van der Waals surface area contributed by atoms with Crippen LogP contribution < -0.4 is 0 Å². The molecule has 2 heterocycles. The van der Waals surface area contributed by atoms with Gasteiger partial charge in [0.2, 0.25) is 0 Å². The van der Waals surface area contributed by atoms with Gasteiger partial charge in [-0.15, -0.1) is 0 Å². The molecule has 0 spiro atoms. The minimum atomic E-state index is 0.652. The molecule has 4 nitrogen and oxygen atoms in total.